The van der Waals surface area contributed by atoms with Crippen molar-refractivity contribution in [2.75, 3.05) is 28.6 Å². The summed E-state index contributed by atoms with van der Waals surface area (Å²) in [7, 11) is 0. The van der Waals surface area contributed by atoms with Gasteiger partial charge >= 0.3 is 0 Å². The number of piperidine rings is 1. The molecule has 3 rings (SSSR count). The standard InChI is InChI=1S/C20H29N5/c1-4-16-10-6-7-12-25(16)20-18(21)19(22-14-23-20)24(5-2)17-11-8-9-15(3)13-17/h8-9,11,13-14,16H,4-7,10,12,21H2,1-3H3. The lowest BCUT2D eigenvalue weighted by molar-refractivity contribution is 0.447. The monoisotopic (exact) mass is 339 g/mol. The highest BCUT2D eigenvalue weighted by Gasteiger charge is 2.26. The summed E-state index contributed by atoms with van der Waals surface area (Å²) in [6, 6.07) is 8.97. The van der Waals surface area contributed by atoms with Crippen LogP contribution in [0, 0.1) is 6.92 Å². The fourth-order valence-corrected chi connectivity index (χ4v) is 3.78. The van der Waals surface area contributed by atoms with Crippen molar-refractivity contribution in [3.63, 3.8) is 0 Å². The predicted octanol–water partition coefficient (Wildman–Crippen LogP) is 4.29. The van der Waals surface area contributed by atoms with Gasteiger partial charge in [0.2, 0.25) is 0 Å². The Morgan fingerprint density at radius 1 is 1.24 bits per heavy atom. The van der Waals surface area contributed by atoms with Crippen molar-refractivity contribution in [3.8, 4) is 0 Å². The van der Waals surface area contributed by atoms with E-state index in [0.29, 0.717) is 11.7 Å². The first-order valence-corrected chi connectivity index (χ1v) is 9.37. The van der Waals surface area contributed by atoms with Gasteiger partial charge in [0.25, 0.3) is 0 Å². The Labute approximate surface area is 150 Å². The molecular weight excluding hydrogens is 310 g/mol. The number of rotatable bonds is 5. The fourth-order valence-electron chi connectivity index (χ4n) is 3.78. The van der Waals surface area contributed by atoms with Crippen LogP contribution in [0.3, 0.4) is 0 Å². The second-order valence-electron chi connectivity index (χ2n) is 6.77. The number of nitrogens with two attached hydrogens (primary N) is 1. The summed E-state index contributed by atoms with van der Waals surface area (Å²) in [6.07, 6.45) is 6.47. The van der Waals surface area contributed by atoms with Gasteiger partial charge in [-0.3, -0.25) is 0 Å². The first kappa shape index (κ1) is 17.5. The molecule has 0 aliphatic carbocycles. The molecule has 5 heteroatoms. The van der Waals surface area contributed by atoms with Crippen LogP contribution in [0.2, 0.25) is 0 Å². The second kappa shape index (κ2) is 7.72. The first-order valence-electron chi connectivity index (χ1n) is 9.37. The number of aryl methyl sites for hydroxylation is 1. The quantitative estimate of drug-likeness (QED) is 0.880. The van der Waals surface area contributed by atoms with Gasteiger partial charge < -0.3 is 15.5 Å². The van der Waals surface area contributed by atoms with Crippen LogP contribution in [0.5, 0.6) is 0 Å². The van der Waals surface area contributed by atoms with Crippen molar-refractivity contribution in [1.82, 2.24) is 9.97 Å². The maximum absolute atomic E-state index is 6.57. The molecule has 2 aromatic rings. The van der Waals surface area contributed by atoms with Gasteiger partial charge in [0.1, 0.15) is 12.0 Å². The summed E-state index contributed by atoms with van der Waals surface area (Å²) in [4.78, 5) is 13.6. The predicted molar refractivity (Wildman–Crippen MR) is 106 cm³/mol. The Morgan fingerprint density at radius 3 is 2.80 bits per heavy atom. The smallest absolute Gasteiger partial charge is 0.161 e. The number of benzene rings is 1. The highest BCUT2D eigenvalue weighted by molar-refractivity contribution is 5.80. The number of anilines is 4. The molecule has 1 aromatic carbocycles. The van der Waals surface area contributed by atoms with E-state index >= 15 is 0 Å². The summed E-state index contributed by atoms with van der Waals surface area (Å²) in [5.41, 5.74) is 9.60. The van der Waals surface area contributed by atoms with Crippen LogP contribution in [-0.2, 0) is 0 Å². The van der Waals surface area contributed by atoms with Crippen molar-refractivity contribution in [2.45, 2.75) is 52.5 Å². The Bertz CT molecular complexity index is 715. The molecule has 134 valence electrons. The van der Waals surface area contributed by atoms with E-state index in [0.717, 1.165) is 36.8 Å². The largest absolute Gasteiger partial charge is 0.393 e. The van der Waals surface area contributed by atoms with Gasteiger partial charge in [0.05, 0.1) is 0 Å². The summed E-state index contributed by atoms with van der Waals surface area (Å²) in [6.45, 7) is 8.30. The number of hydrogen-bond donors (Lipinski definition) is 1. The Hall–Kier alpha value is -2.30. The zero-order valence-electron chi connectivity index (χ0n) is 15.6. The lowest BCUT2D eigenvalue weighted by Crippen LogP contribution is -2.40. The van der Waals surface area contributed by atoms with Gasteiger partial charge in [-0.2, -0.15) is 0 Å². The topological polar surface area (TPSA) is 58.3 Å². The van der Waals surface area contributed by atoms with E-state index in [-0.39, 0.29) is 0 Å². The molecule has 2 heterocycles. The van der Waals surface area contributed by atoms with Gasteiger partial charge in [-0.1, -0.05) is 19.1 Å². The third-order valence-corrected chi connectivity index (χ3v) is 5.10. The lowest BCUT2D eigenvalue weighted by Gasteiger charge is -2.37. The summed E-state index contributed by atoms with van der Waals surface area (Å²) in [5.74, 6) is 1.70. The number of hydrogen-bond acceptors (Lipinski definition) is 5. The van der Waals surface area contributed by atoms with Crippen LogP contribution in [0.4, 0.5) is 23.0 Å². The third-order valence-electron chi connectivity index (χ3n) is 5.10. The average Bonchev–Trinajstić information content (AvgIpc) is 2.64. The molecule has 0 saturated carbocycles. The van der Waals surface area contributed by atoms with Crippen molar-refractivity contribution < 1.29 is 0 Å². The lowest BCUT2D eigenvalue weighted by atomic mass is 10.00. The molecular formula is C20H29N5. The molecule has 0 bridgehead atoms. The molecule has 25 heavy (non-hydrogen) atoms. The summed E-state index contributed by atoms with van der Waals surface area (Å²) < 4.78 is 0. The molecule has 1 aliphatic rings. The molecule has 0 spiro atoms. The van der Waals surface area contributed by atoms with Crippen molar-refractivity contribution >= 4 is 23.0 Å². The van der Waals surface area contributed by atoms with Crippen molar-refractivity contribution in [1.29, 1.82) is 0 Å². The summed E-state index contributed by atoms with van der Waals surface area (Å²) >= 11 is 0. The highest BCUT2D eigenvalue weighted by Crippen LogP contribution is 2.36. The van der Waals surface area contributed by atoms with Gasteiger partial charge in [-0.25, -0.2) is 9.97 Å². The van der Waals surface area contributed by atoms with Gasteiger partial charge in [-0.15, -0.1) is 0 Å². The van der Waals surface area contributed by atoms with Crippen LogP contribution in [0.15, 0.2) is 30.6 Å². The minimum atomic E-state index is 0.521. The zero-order chi connectivity index (χ0) is 17.8. The van der Waals surface area contributed by atoms with Gasteiger partial charge in [0.15, 0.2) is 11.6 Å². The van der Waals surface area contributed by atoms with E-state index in [4.69, 9.17) is 5.73 Å². The van der Waals surface area contributed by atoms with E-state index in [1.807, 2.05) is 0 Å². The van der Waals surface area contributed by atoms with E-state index in [9.17, 15) is 0 Å². The zero-order valence-corrected chi connectivity index (χ0v) is 15.6. The molecule has 1 aromatic heterocycles. The Kier molecular flexibility index (Phi) is 5.41. The molecule has 1 unspecified atom stereocenters. The van der Waals surface area contributed by atoms with Crippen LogP contribution >= 0.6 is 0 Å². The SMILES string of the molecule is CCC1CCCCN1c1ncnc(N(CC)c2cccc(C)c2)c1N. The number of nitrogens with zero attached hydrogens (tertiary/aromatic N) is 4. The molecule has 1 fully saturated rings. The Morgan fingerprint density at radius 2 is 2.08 bits per heavy atom. The van der Waals surface area contributed by atoms with E-state index in [1.54, 1.807) is 6.33 Å². The third kappa shape index (κ3) is 3.55. The van der Waals surface area contributed by atoms with Gasteiger partial charge in [0, 0.05) is 24.8 Å². The summed E-state index contributed by atoms with van der Waals surface area (Å²) in [5, 5.41) is 0. The minimum Gasteiger partial charge on any atom is -0.393 e. The van der Waals surface area contributed by atoms with Crippen LogP contribution < -0.4 is 15.5 Å². The van der Waals surface area contributed by atoms with E-state index in [1.165, 1.54) is 24.8 Å². The molecule has 1 saturated heterocycles. The number of nitrogen functional groups attached to an aromatic ring is 1. The van der Waals surface area contributed by atoms with E-state index < -0.39 is 0 Å². The first-order chi connectivity index (χ1) is 12.2. The molecule has 2 N–H and O–H groups in total. The van der Waals surface area contributed by atoms with Crippen LogP contribution in [-0.4, -0.2) is 29.1 Å². The molecule has 0 radical (unpaired) electrons. The van der Waals surface area contributed by atoms with E-state index in [2.05, 4.69) is 64.8 Å². The maximum atomic E-state index is 6.57. The molecule has 0 amide bonds. The van der Waals surface area contributed by atoms with Gasteiger partial charge in [-0.05, 0) is 57.2 Å². The fraction of sp³-hybridized carbons (Fsp3) is 0.500. The molecule has 1 atom stereocenters. The Balaban J connectivity index is 1.99. The molecule has 1 aliphatic heterocycles. The average molecular weight is 339 g/mol. The normalized spacial score (nSPS) is 17.6. The number of aromatic nitrogens is 2. The van der Waals surface area contributed by atoms with Crippen molar-refractivity contribution in [2.24, 2.45) is 0 Å². The van der Waals surface area contributed by atoms with Crippen LogP contribution in [0.1, 0.15) is 45.1 Å². The minimum absolute atomic E-state index is 0.521. The second-order valence-corrected chi connectivity index (χ2v) is 6.77. The maximum Gasteiger partial charge on any atom is 0.161 e. The van der Waals surface area contributed by atoms with Crippen molar-refractivity contribution in [3.05, 3.63) is 36.2 Å². The van der Waals surface area contributed by atoms with Crippen LogP contribution in [0.25, 0.3) is 0 Å². The molecule has 5 nitrogen and oxygen atoms in total. The highest BCUT2D eigenvalue weighted by atomic mass is 15.3.